The zero-order chi connectivity index (χ0) is 12.0. The lowest BCUT2D eigenvalue weighted by Crippen LogP contribution is -2.52. The van der Waals surface area contributed by atoms with E-state index in [0.29, 0.717) is 13.0 Å². The Morgan fingerprint density at radius 3 is 2.94 bits per heavy atom. The van der Waals surface area contributed by atoms with E-state index in [1.54, 1.807) is 0 Å². The lowest BCUT2D eigenvalue weighted by Gasteiger charge is -2.36. The SMILES string of the molecule is CCOC(=O)CC(C)NC1(C)CCCOC1. The molecule has 1 N–H and O–H groups in total. The molecule has 0 aromatic rings. The fourth-order valence-corrected chi connectivity index (χ4v) is 2.16. The molecule has 1 saturated heterocycles. The van der Waals surface area contributed by atoms with Crippen molar-refractivity contribution in [3.05, 3.63) is 0 Å². The van der Waals surface area contributed by atoms with Crippen LogP contribution in [0.1, 0.15) is 40.0 Å². The Labute approximate surface area is 97.7 Å². The summed E-state index contributed by atoms with van der Waals surface area (Å²) in [5.74, 6) is -0.136. The number of carbonyl (C=O) groups is 1. The minimum atomic E-state index is -0.136. The van der Waals surface area contributed by atoms with Crippen molar-refractivity contribution >= 4 is 5.97 Å². The summed E-state index contributed by atoms with van der Waals surface area (Å²) < 4.78 is 10.4. The van der Waals surface area contributed by atoms with Crippen molar-refractivity contribution < 1.29 is 14.3 Å². The number of esters is 1. The number of hydrogen-bond donors (Lipinski definition) is 1. The van der Waals surface area contributed by atoms with Crippen molar-refractivity contribution in [1.29, 1.82) is 0 Å². The number of nitrogens with one attached hydrogen (secondary N) is 1. The first-order valence-corrected chi connectivity index (χ1v) is 6.07. The van der Waals surface area contributed by atoms with Crippen LogP contribution in [-0.4, -0.2) is 37.4 Å². The van der Waals surface area contributed by atoms with E-state index in [2.05, 4.69) is 12.2 Å². The average molecular weight is 229 g/mol. The zero-order valence-electron chi connectivity index (χ0n) is 10.5. The molecule has 94 valence electrons. The topological polar surface area (TPSA) is 47.6 Å². The number of hydrogen-bond acceptors (Lipinski definition) is 4. The van der Waals surface area contributed by atoms with E-state index in [1.165, 1.54) is 0 Å². The summed E-state index contributed by atoms with van der Waals surface area (Å²) in [6.07, 6.45) is 2.60. The molecular weight excluding hydrogens is 206 g/mol. The van der Waals surface area contributed by atoms with Crippen LogP contribution in [0.2, 0.25) is 0 Å². The number of rotatable bonds is 5. The minimum Gasteiger partial charge on any atom is -0.466 e. The van der Waals surface area contributed by atoms with Crippen molar-refractivity contribution in [2.45, 2.75) is 51.6 Å². The quantitative estimate of drug-likeness (QED) is 0.726. The molecule has 4 nitrogen and oxygen atoms in total. The average Bonchev–Trinajstić information content (AvgIpc) is 2.17. The van der Waals surface area contributed by atoms with Crippen molar-refractivity contribution in [2.75, 3.05) is 19.8 Å². The van der Waals surface area contributed by atoms with Gasteiger partial charge in [-0.2, -0.15) is 0 Å². The minimum absolute atomic E-state index is 0.00413. The van der Waals surface area contributed by atoms with Gasteiger partial charge in [0, 0.05) is 18.2 Å². The van der Waals surface area contributed by atoms with Gasteiger partial charge >= 0.3 is 5.97 Å². The Morgan fingerprint density at radius 1 is 1.62 bits per heavy atom. The third-order valence-electron chi connectivity index (χ3n) is 2.81. The molecule has 1 fully saturated rings. The van der Waals surface area contributed by atoms with Crippen molar-refractivity contribution in [3.8, 4) is 0 Å². The van der Waals surface area contributed by atoms with Crippen LogP contribution in [0.4, 0.5) is 0 Å². The van der Waals surface area contributed by atoms with Gasteiger partial charge in [-0.05, 0) is 33.6 Å². The molecule has 16 heavy (non-hydrogen) atoms. The first kappa shape index (κ1) is 13.5. The summed E-state index contributed by atoms with van der Waals surface area (Å²) in [5, 5.41) is 3.46. The van der Waals surface area contributed by atoms with Gasteiger partial charge in [0.05, 0.1) is 19.6 Å². The highest BCUT2D eigenvalue weighted by atomic mass is 16.5. The second-order valence-corrected chi connectivity index (χ2v) is 4.77. The van der Waals surface area contributed by atoms with Crippen LogP contribution in [-0.2, 0) is 14.3 Å². The molecule has 0 aromatic carbocycles. The van der Waals surface area contributed by atoms with Gasteiger partial charge in [-0.25, -0.2) is 0 Å². The van der Waals surface area contributed by atoms with Crippen molar-refractivity contribution in [3.63, 3.8) is 0 Å². The Morgan fingerprint density at radius 2 is 2.38 bits per heavy atom. The predicted molar refractivity (Wildman–Crippen MR) is 62.3 cm³/mol. The first-order valence-electron chi connectivity index (χ1n) is 6.07. The highest BCUT2D eigenvalue weighted by Crippen LogP contribution is 2.19. The van der Waals surface area contributed by atoms with Crippen LogP contribution in [0.5, 0.6) is 0 Å². The second-order valence-electron chi connectivity index (χ2n) is 4.77. The zero-order valence-corrected chi connectivity index (χ0v) is 10.5. The normalized spacial score (nSPS) is 27.4. The molecule has 0 saturated carbocycles. The van der Waals surface area contributed by atoms with Gasteiger partial charge in [-0.15, -0.1) is 0 Å². The van der Waals surface area contributed by atoms with Gasteiger partial charge in [-0.3, -0.25) is 4.79 Å². The first-order chi connectivity index (χ1) is 7.56. The molecular formula is C12H23NO3. The molecule has 1 aliphatic heterocycles. The third kappa shape index (κ3) is 4.49. The van der Waals surface area contributed by atoms with Gasteiger partial charge in [0.25, 0.3) is 0 Å². The maximum absolute atomic E-state index is 11.3. The molecule has 2 atom stereocenters. The lowest BCUT2D eigenvalue weighted by molar-refractivity contribution is -0.143. The van der Waals surface area contributed by atoms with Gasteiger partial charge in [-0.1, -0.05) is 0 Å². The van der Waals surface area contributed by atoms with E-state index in [1.807, 2.05) is 13.8 Å². The number of carbonyl (C=O) groups excluding carboxylic acids is 1. The van der Waals surface area contributed by atoms with Crippen LogP contribution in [0.25, 0.3) is 0 Å². The van der Waals surface area contributed by atoms with E-state index in [0.717, 1.165) is 26.1 Å². The van der Waals surface area contributed by atoms with Crippen LogP contribution < -0.4 is 5.32 Å². The van der Waals surface area contributed by atoms with E-state index >= 15 is 0 Å². The van der Waals surface area contributed by atoms with Crippen molar-refractivity contribution in [2.24, 2.45) is 0 Å². The molecule has 0 bridgehead atoms. The molecule has 1 aliphatic rings. The van der Waals surface area contributed by atoms with Gasteiger partial charge in [0.1, 0.15) is 0 Å². The van der Waals surface area contributed by atoms with E-state index in [9.17, 15) is 4.79 Å². The van der Waals surface area contributed by atoms with Gasteiger partial charge in [0.15, 0.2) is 0 Å². The largest absolute Gasteiger partial charge is 0.466 e. The predicted octanol–water partition coefficient (Wildman–Crippen LogP) is 1.49. The highest BCUT2D eigenvalue weighted by molar-refractivity contribution is 5.70. The Balaban J connectivity index is 2.31. The molecule has 0 spiro atoms. The molecule has 1 rings (SSSR count). The maximum Gasteiger partial charge on any atom is 0.307 e. The molecule has 0 radical (unpaired) electrons. The van der Waals surface area contributed by atoms with Gasteiger partial charge < -0.3 is 14.8 Å². The Kier molecular flexibility index (Phi) is 5.22. The fourth-order valence-electron chi connectivity index (χ4n) is 2.16. The molecule has 1 heterocycles. The lowest BCUT2D eigenvalue weighted by atomic mass is 9.93. The van der Waals surface area contributed by atoms with Crippen LogP contribution in [0.15, 0.2) is 0 Å². The molecule has 0 aliphatic carbocycles. The molecule has 0 aromatic heterocycles. The van der Waals surface area contributed by atoms with Crippen molar-refractivity contribution in [1.82, 2.24) is 5.32 Å². The van der Waals surface area contributed by atoms with E-state index in [-0.39, 0.29) is 17.6 Å². The molecule has 2 unspecified atom stereocenters. The standard InChI is InChI=1S/C12H23NO3/c1-4-16-11(14)8-10(2)13-12(3)6-5-7-15-9-12/h10,13H,4-9H2,1-3H3. The smallest absolute Gasteiger partial charge is 0.307 e. The van der Waals surface area contributed by atoms with Gasteiger partial charge in [0.2, 0.25) is 0 Å². The van der Waals surface area contributed by atoms with Crippen LogP contribution >= 0.6 is 0 Å². The Bertz CT molecular complexity index is 224. The van der Waals surface area contributed by atoms with Crippen LogP contribution in [0.3, 0.4) is 0 Å². The fraction of sp³-hybridized carbons (Fsp3) is 0.917. The summed E-state index contributed by atoms with van der Waals surface area (Å²) in [7, 11) is 0. The third-order valence-corrected chi connectivity index (χ3v) is 2.81. The summed E-state index contributed by atoms with van der Waals surface area (Å²) in [5.41, 5.74) is 0.00413. The van der Waals surface area contributed by atoms with E-state index in [4.69, 9.17) is 9.47 Å². The summed E-state index contributed by atoms with van der Waals surface area (Å²) >= 11 is 0. The molecule has 4 heteroatoms. The van der Waals surface area contributed by atoms with E-state index < -0.39 is 0 Å². The Hall–Kier alpha value is -0.610. The number of ether oxygens (including phenoxy) is 2. The monoisotopic (exact) mass is 229 g/mol. The second kappa shape index (κ2) is 6.21. The summed E-state index contributed by atoms with van der Waals surface area (Å²) in [4.78, 5) is 11.3. The highest BCUT2D eigenvalue weighted by Gasteiger charge is 2.29. The maximum atomic E-state index is 11.3. The molecule has 0 amide bonds. The summed E-state index contributed by atoms with van der Waals surface area (Å²) in [6, 6.07) is 0.130. The van der Waals surface area contributed by atoms with Crippen LogP contribution in [0, 0.1) is 0 Å². The summed E-state index contributed by atoms with van der Waals surface area (Å²) in [6.45, 7) is 8.01.